The van der Waals surface area contributed by atoms with Crippen molar-refractivity contribution < 1.29 is 9.53 Å². The molecule has 2 aromatic rings. The molecule has 0 spiro atoms. The van der Waals surface area contributed by atoms with Gasteiger partial charge in [0.25, 0.3) is 0 Å². The zero-order chi connectivity index (χ0) is 16.9. The topological polar surface area (TPSA) is 54.5 Å². The third kappa shape index (κ3) is 4.13. The first-order chi connectivity index (χ1) is 11.7. The van der Waals surface area contributed by atoms with E-state index in [2.05, 4.69) is 27.3 Å². The fourth-order valence-electron chi connectivity index (χ4n) is 2.92. The van der Waals surface area contributed by atoms with E-state index in [4.69, 9.17) is 4.74 Å². The number of rotatable bonds is 6. The molecule has 0 unspecified atom stereocenters. The number of thiazole rings is 1. The maximum atomic E-state index is 11.6. The van der Waals surface area contributed by atoms with Gasteiger partial charge in [-0.15, -0.1) is 11.3 Å². The predicted molar refractivity (Wildman–Crippen MR) is 96.5 cm³/mol. The SMILES string of the molecule is CCCC(=O)Nc1nc(CN2CCc3cc(OC)ccc3C2)cs1. The van der Waals surface area contributed by atoms with Crippen LogP contribution in [0.25, 0.3) is 0 Å². The Morgan fingerprint density at radius 2 is 2.29 bits per heavy atom. The van der Waals surface area contributed by atoms with Crippen molar-refractivity contribution in [2.75, 3.05) is 19.0 Å². The Labute approximate surface area is 146 Å². The molecule has 0 aliphatic carbocycles. The number of methoxy groups -OCH3 is 1. The van der Waals surface area contributed by atoms with Crippen LogP contribution in [0.1, 0.15) is 36.6 Å². The molecule has 0 radical (unpaired) electrons. The molecule has 1 amide bonds. The molecule has 3 rings (SSSR count). The normalized spacial score (nSPS) is 14.2. The zero-order valence-corrected chi connectivity index (χ0v) is 15.0. The van der Waals surface area contributed by atoms with Crippen molar-refractivity contribution in [1.82, 2.24) is 9.88 Å². The number of aromatic nitrogens is 1. The lowest BCUT2D eigenvalue weighted by molar-refractivity contribution is -0.116. The number of nitrogens with zero attached hydrogens (tertiary/aromatic N) is 2. The molecule has 0 fully saturated rings. The summed E-state index contributed by atoms with van der Waals surface area (Å²) in [6, 6.07) is 6.31. The van der Waals surface area contributed by atoms with Crippen LogP contribution in [0, 0.1) is 0 Å². The number of carbonyl (C=O) groups is 1. The molecule has 0 saturated carbocycles. The second-order valence-corrected chi connectivity index (χ2v) is 6.90. The van der Waals surface area contributed by atoms with Crippen LogP contribution in [-0.4, -0.2) is 29.4 Å². The molecule has 1 aliphatic rings. The van der Waals surface area contributed by atoms with E-state index in [-0.39, 0.29) is 5.91 Å². The highest BCUT2D eigenvalue weighted by molar-refractivity contribution is 7.13. The third-order valence-electron chi connectivity index (χ3n) is 4.17. The summed E-state index contributed by atoms with van der Waals surface area (Å²) in [4.78, 5) is 18.6. The number of carbonyl (C=O) groups excluding carboxylic acids is 1. The first kappa shape index (κ1) is 16.9. The number of anilines is 1. The minimum Gasteiger partial charge on any atom is -0.497 e. The summed E-state index contributed by atoms with van der Waals surface area (Å²) in [6.45, 7) is 4.74. The van der Waals surface area contributed by atoms with Crippen LogP contribution in [0.15, 0.2) is 23.6 Å². The summed E-state index contributed by atoms with van der Waals surface area (Å²) in [5.74, 6) is 0.966. The average Bonchev–Trinajstić information content (AvgIpc) is 3.01. The first-order valence-electron chi connectivity index (χ1n) is 8.30. The maximum Gasteiger partial charge on any atom is 0.226 e. The molecule has 0 bridgehead atoms. The van der Waals surface area contributed by atoms with Gasteiger partial charge in [-0.05, 0) is 36.1 Å². The Kier molecular flexibility index (Phi) is 5.48. The van der Waals surface area contributed by atoms with Crippen LogP contribution in [0.4, 0.5) is 5.13 Å². The van der Waals surface area contributed by atoms with E-state index in [1.165, 1.54) is 22.5 Å². The monoisotopic (exact) mass is 345 g/mol. The second kappa shape index (κ2) is 7.77. The van der Waals surface area contributed by atoms with Gasteiger partial charge >= 0.3 is 0 Å². The van der Waals surface area contributed by atoms with Crippen molar-refractivity contribution >= 4 is 22.4 Å². The quantitative estimate of drug-likeness (QED) is 0.871. The largest absolute Gasteiger partial charge is 0.497 e. The van der Waals surface area contributed by atoms with Crippen LogP contribution in [0.2, 0.25) is 0 Å². The van der Waals surface area contributed by atoms with E-state index in [0.29, 0.717) is 11.6 Å². The zero-order valence-electron chi connectivity index (χ0n) is 14.2. The molecule has 0 saturated heterocycles. The van der Waals surface area contributed by atoms with Crippen LogP contribution < -0.4 is 10.1 Å². The summed E-state index contributed by atoms with van der Waals surface area (Å²) in [5.41, 5.74) is 3.74. The Bertz CT molecular complexity index is 714. The van der Waals surface area contributed by atoms with Gasteiger partial charge in [0.15, 0.2) is 5.13 Å². The number of amides is 1. The molecule has 1 aliphatic heterocycles. The summed E-state index contributed by atoms with van der Waals surface area (Å²) in [5, 5.41) is 5.60. The van der Waals surface area contributed by atoms with E-state index in [9.17, 15) is 4.79 Å². The molecule has 5 nitrogen and oxygen atoms in total. The number of benzene rings is 1. The van der Waals surface area contributed by atoms with Crippen LogP contribution >= 0.6 is 11.3 Å². The summed E-state index contributed by atoms with van der Waals surface area (Å²) in [6.07, 6.45) is 2.42. The molecule has 24 heavy (non-hydrogen) atoms. The first-order valence-corrected chi connectivity index (χ1v) is 9.18. The lowest BCUT2D eigenvalue weighted by Gasteiger charge is -2.28. The molecule has 1 aromatic carbocycles. The van der Waals surface area contributed by atoms with Crippen molar-refractivity contribution in [1.29, 1.82) is 0 Å². The van der Waals surface area contributed by atoms with Crippen molar-refractivity contribution in [3.63, 3.8) is 0 Å². The highest BCUT2D eigenvalue weighted by Gasteiger charge is 2.18. The molecule has 2 heterocycles. The Balaban J connectivity index is 1.59. The van der Waals surface area contributed by atoms with E-state index in [1.807, 2.05) is 18.4 Å². The summed E-state index contributed by atoms with van der Waals surface area (Å²) in [7, 11) is 1.70. The molecule has 1 aromatic heterocycles. The van der Waals surface area contributed by atoms with Gasteiger partial charge in [0.1, 0.15) is 5.75 Å². The van der Waals surface area contributed by atoms with Gasteiger partial charge in [-0.2, -0.15) is 0 Å². The fourth-order valence-corrected chi connectivity index (χ4v) is 3.64. The van der Waals surface area contributed by atoms with Gasteiger partial charge in [0.05, 0.1) is 12.8 Å². The van der Waals surface area contributed by atoms with E-state index in [1.54, 1.807) is 7.11 Å². The second-order valence-electron chi connectivity index (χ2n) is 6.04. The third-order valence-corrected chi connectivity index (χ3v) is 4.97. The standard InChI is InChI=1S/C18H23N3O2S/c1-3-4-17(22)20-18-19-15(12-24-18)11-21-8-7-13-9-16(23-2)6-5-14(13)10-21/h5-6,9,12H,3-4,7-8,10-11H2,1-2H3,(H,19,20,22). The van der Waals surface area contributed by atoms with Crippen molar-refractivity contribution in [3.8, 4) is 5.75 Å². The van der Waals surface area contributed by atoms with Crippen molar-refractivity contribution in [2.24, 2.45) is 0 Å². The van der Waals surface area contributed by atoms with Crippen molar-refractivity contribution in [3.05, 3.63) is 40.4 Å². The number of fused-ring (bicyclic) bond motifs is 1. The van der Waals surface area contributed by atoms with Crippen LogP contribution in [0.5, 0.6) is 5.75 Å². The smallest absolute Gasteiger partial charge is 0.226 e. The number of hydrogen-bond acceptors (Lipinski definition) is 5. The maximum absolute atomic E-state index is 11.6. The molecular weight excluding hydrogens is 322 g/mol. The van der Waals surface area contributed by atoms with Gasteiger partial charge in [0.2, 0.25) is 5.91 Å². The minimum atomic E-state index is 0.0410. The van der Waals surface area contributed by atoms with Gasteiger partial charge in [0, 0.05) is 31.4 Å². The Morgan fingerprint density at radius 3 is 3.08 bits per heavy atom. The Morgan fingerprint density at radius 1 is 1.42 bits per heavy atom. The average molecular weight is 345 g/mol. The fraction of sp³-hybridized carbons (Fsp3) is 0.444. The lowest BCUT2D eigenvalue weighted by atomic mass is 9.99. The molecule has 0 atom stereocenters. The lowest BCUT2D eigenvalue weighted by Crippen LogP contribution is -2.30. The minimum absolute atomic E-state index is 0.0410. The van der Waals surface area contributed by atoms with E-state index in [0.717, 1.165) is 43.9 Å². The molecule has 6 heteroatoms. The molecular formula is C18H23N3O2S. The van der Waals surface area contributed by atoms with Crippen molar-refractivity contribution in [2.45, 2.75) is 39.3 Å². The van der Waals surface area contributed by atoms with E-state index < -0.39 is 0 Å². The van der Waals surface area contributed by atoms with Gasteiger partial charge in [-0.1, -0.05) is 13.0 Å². The van der Waals surface area contributed by atoms with Crippen LogP contribution in [0.3, 0.4) is 0 Å². The highest BCUT2D eigenvalue weighted by atomic mass is 32.1. The summed E-state index contributed by atoms with van der Waals surface area (Å²) < 4.78 is 5.30. The van der Waals surface area contributed by atoms with Gasteiger partial charge < -0.3 is 10.1 Å². The Hall–Kier alpha value is -1.92. The number of nitrogens with one attached hydrogen (secondary N) is 1. The van der Waals surface area contributed by atoms with Gasteiger partial charge in [-0.3, -0.25) is 9.69 Å². The van der Waals surface area contributed by atoms with Gasteiger partial charge in [-0.25, -0.2) is 4.98 Å². The summed E-state index contributed by atoms with van der Waals surface area (Å²) >= 11 is 1.50. The predicted octanol–water partition coefficient (Wildman–Crippen LogP) is 3.45. The highest BCUT2D eigenvalue weighted by Crippen LogP contribution is 2.25. The number of ether oxygens (including phenoxy) is 1. The number of hydrogen-bond donors (Lipinski definition) is 1. The molecule has 1 N–H and O–H groups in total. The molecule has 128 valence electrons. The van der Waals surface area contributed by atoms with E-state index >= 15 is 0 Å². The van der Waals surface area contributed by atoms with Crippen LogP contribution in [-0.2, 0) is 24.3 Å².